The fourth-order valence-electron chi connectivity index (χ4n) is 2.68. The molecule has 0 aliphatic carbocycles. The van der Waals surface area contributed by atoms with Crippen LogP contribution in [0.2, 0.25) is 10.0 Å². The van der Waals surface area contributed by atoms with Gasteiger partial charge in [0.15, 0.2) is 0 Å². The largest absolute Gasteiger partial charge is 0.477 e. The van der Waals surface area contributed by atoms with Crippen molar-refractivity contribution in [2.45, 2.75) is 13.3 Å². The zero-order valence-electron chi connectivity index (χ0n) is 13.7. The normalized spacial score (nSPS) is 15.6. The molecule has 0 radical (unpaired) electrons. The van der Waals surface area contributed by atoms with Crippen LogP contribution in [0, 0.1) is 6.92 Å². The van der Waals surface area contributed by atoms with E-state index in [-0.39, 0.29) is 0 Å². The molecule has 1 aliphatic heterocycles. The van der Waals surface area contributed by atoms with Gasteiger partial charge in [-0.15, -0.1) is 5.10 Å². The summed E-state index contributed by atoms with van der Waals surface area (Å²) in [6.45, 7) is 7.32. The molecule has 0 saturated carbocycles. The van der Waals surface area contributed by atoms with Crippen molar-refractivity contribution in [3.05, 3.63) is 40.0 Å². The lowest BCUT2D eigenvalue weighted by Gasteiger charge is -2.26. The molecule has 0 atom stereocenters. The van der Waals surface area contributed by atoms with Crippen molar-refractivity contribution in [3.63, 3.8) is 0 Å². The smallest absolute Gasteiger partial charge is 0.233 e. The average molecular weight is 370 g/mol. The molecule has 7 heteroatoms. The van der Waals surface area contributed by atoms with E-state index in [0.29, 0.717) is 22.5 Å². The SMILES string of the molecule is Cc1cc(OCCCN2CCOCC2)nn1-c1ccc(Cl)c(Cl)c1. The van der Waals surface area contributed by atoms with Gasteiger partial charge in [-0.3, -0.25) is 4.90 Å². The summed E-state index contributed by atoms with van der Waals surface area (Å²) in [4.78, 5) is 2.40. The van der Waals surface area contributed by atoms with E-state index < -0.39 is 0 Å². The Morgan fingerprint density at radius 3 is 2.71 bits per heavy atom. The Morgan fingerprint density at radius 1 is 1.17 bits per heavy atom. The molecule has 5 nitrogen and oxygen atoms in total. The summed E-state index contributed by atoms with van der Waals surface area (Å²) in [7, 11) is 0. The highest BCUT2D eigenvalue weighted by Gasteiger charge is 2.11. The molecule has 130 valence electrons. The molecule has 2 aromatic rings. The van der Waals surface area contributed by atoms with Crippen molar-refractivity contribution >= 4 is 23.2 Å². The third kappa shape index (κ3) is 4.42. The lowest BCUT2D eigenvalue weighted by Crippen LogP contribution is -2.37. The molecule has 1 saturated heterocycles. The molecule has 0 spiro atoms. The number of hydrogen-bond donors (Lipinski definition) is 0. The van der Waals surface area contributed by atoms with E-state index in [1.165, 1.54) is 0 Å². The van der Waals surface area contributed by atoms with Crippen LogP contribution in [0.1, 0.15) is 12.1 Å². The van der Waals surface area contributed by atoms with Crippen molar-refractivity contribution in [1.29, 1.82) is 0 Å². The van der Waals surface area contributed by atoms with Crippen molar-refractivity contribution in [2.75, 3.05) is 39.5 Å². The van der Waals surface area contributed by atoms with Crippen LogP contribution in [0.5, 0.6) is 5.88 Å². The molecule has 0 amide bonds. The third-order valence-corrected chi connectivity index (χ3v) is 4.72. The van der Waals surface area contributed by atoms with E-state index in [0.717, 1.165) is 50.7 Å². The Kier molecular flexibility index (Phi) is 6.00. The fourth-order valence-corrected chi connectivity index (χ4v) is 2.98. The minimum atomic E-state index is 0.511. The summed E-state index contributed by atoms with van der Waals surface area (Å²) >= 11 is 12.0. The fraction of sp³-hybridized carbons (Fsp3) is 0.471. The Labute approximate surface area is 152 Å². The van der Waals surface area contributed by atoms with Crippen LogP contribution in [-0.2, 0) is 4.74 Å². The second-order valence-corrected chi connectivity index (χ2v) is 6.60. The Hall–Kier alpha value is -1.27. The monoisotopic (exact) mass is 369 g/mol. The number of hydrogen-bond acceptors (Lipinski definition) is 4. The van der Waals surface area contributed by atoms with E-state index >= 15 is 0 Å². The first kappa shape index (κ1) is 17.5. The molecule has 1 aromatic heterocycles. The number of nitrogens with zero attached hydrogens (tertiary/aromatic N) is 3. The van der Waals surface area contributed by atoms with E-state index in [2.05, 4.69) is 10.00 Å². The number of ether oxygens (including phenoxy) is 2. The van der Waals surface area contributed by atoms with Gasteiger partial charge in [-0.25, -0.2) is 4.68 Å². The first-order valence-electron chi connectivity index (χ1n) is 8.08. The summed E-state index contributed by atoms with van der Waals surface area (Å²) in [5.41, 5.74) is 1.85. The first-order chi connectivity index (χ1) is 11.6. The predicted octanol–water partition coefficient (Wildman–Crippen LogP) is 3.59. The number of morpholine rings is 1. The van der Waals surface area contributed by atoms with E-state index in [1.807, 2.05) is 19.1 Å². The molecule has 0 bridgehead atoms. The van der Waals surface area contributed by atoms with Crippen LogP contribution in [0.15, 0.2) is 24.3 Å². The van der Waals surface area contributed by atoms with Gasteiger partial charge in [0.1, 0.15) is 0 Å². The molecular formula is C17H21Cl2N3O2. The van der Waals surface area contributed by atoms with Crippen LogP contribution in [0.4, 0.5) is 0 Å². The maximum atomic E-state index is 6.08. The second kappa shape index (κ2) is 8.21. The van der Waals surface area contributed by atoms with Gasteiger partial charge in [0.2, 0.25) is 5.88 Å². The van der Waals surface area contributed by atoms with Gasteiger partial charge in [0.05, 0.1) is 35.6 Å². The summed E-state index contributed by atoms with van der Waals surface area (Å²) < 4.78 is 12.9. The van der Waals surface area contributed by atoms with Gasteiger partial charge >= 0.3 is 0 Å². The highest BCUT2D eigenvalue weighted by molar-refractivity contribution is 6.42. The maximum absolute atomic E-state index is 6.08. The molecule has 0 unspecified atom stereocenters. The summed E-state index contributed by atoms with van der Waals surface area (Å²) in [5.74, 6) is 0.626. The van der Waals surface area contributed by atoms with Gasteiger partial charge in [-0.2, -0.15) is 0 Å². The minimum Gasteiger partial charge on any atom is -0.477 e. The molecule has 1 fully saturated rings. The van der Waals surface area contributed by atoms with Crippen LogP contribution in [-0.4, -0.2) is 54.1 Å². The third-order valence-electron chi connectivity index (χ3n) is 3.99. The highest BCUT2D eigenvalue weighted by atomic mass is 35.5. The topological polar surface area (TPSA) is 39.5 Å². The zero-order valence-corrected chi connectivity index (χ0v) is 15.2. The lowest BCUT2D eigenvalue weighted by atomic mass is 10.3. The molecule has 24 heavy (non-hydrogen) atoms. The van der Waals surface area contributed by atoms with Crippen molar-refractivity contribution in [3.8, 4) is 11.6 Å². The van der Waals surface area contributed by atoms with Gasteiger partial charge in [-0.1, -0.05) is 23.2 Å². The molecule has 3 rings (SSSR count). The Morgan fingerprint density at radius 2 is 1.96 bits per heavy atom. The quantitative estimate of drug-likeness (QED) is 0.729. The molecular weight excluding hydrogens is 349 g/mol. The van der Waals surface area contributed by atoms with Crippen molar-refractivity contribution in [1.82, 2.24) is 14.7 Å². The standard InChI is InChI=1S/C17H21Cl2N3O2/c1-13-11-17(24-8-2-5-21-6-9-23-10-7-21)20-22(13)14-3-4-15(18)16(19)12-14/h3-4,11-12H,2,5-10H2,1H3. The minimum absolute atomic E-state index is 0.511. The number of halogens is 2. The molecule has 0 N–H and O–H groups in total. The van der Waals surface area contributed by atoms with E-state index in [4.69, 9.17) is 32.7 Å². The van der Waals surface area contributed by atoms with Crippen LogP contribution >= 0.6 is 23.2 Å². The summed E-state index contributed by atoms with van der Waals surface area (Å²) in [6, 6.07) is 7.38. The van der Waals surface area contributed by atoms with Crippen molar-refractivity contribution < 1.29 is 9.47 Å². The number of aryl methyl sites for hydroxylation is 1. The highest BCUT2D eigenvalue weighted by Crippen LogP contribution is 2.25. The molecule has 1 aliphatic rings. The molecule has 1 aromatic carbocycles. The Bertz CT molecular complexity index is 684. The number of benzene rings is 1. The van der Waals surface area contributed by atoms with Crippen LogP contribution in [0.3, 0.4) is 0 Å². The predicted molar refractivity (Wildman–Crippen MR) is 95.7 cm³/mol. The van der Waals surface area contributed by atoms with Gasteiger partial charge in [0.25, 0.3) is 0 Å². The number of aromatic nitrogens is 2. The summed E-state index contributed by atoms with van der Waals surface area (Å²) in [5, 5.41) is 5.54. The van der Waals surface area contributed by atoms with E-state index in [9.17, 15) is 0 Å². The van der Waals surface area contributed by atoms with Crippen LogP contribution in [0.25, 0.3) is 5.69 Å². The van der Waals surface area contributed by atoms with Gasteiger partial charge in [-0.05, 0) is 31.5 Å². The number of rotatable bonds is 6. The van der Waals surface area contributed by atoms with Gasteiger partial charge in [0, 0.05) is 31.4 Å². The summed E-state index contributed by atoms with van der Waals surface area (Å²) in [6.07, 6.45) is 0.971. The first-order valence-corrected chi connectivity index (χ1v) is 8.84. The van der Waals surface area contributed by atoms with Crippen LogP contribution < -0.4 is 4.74 Å². The Balaban J connectivity index is 1.54. The maximum Gasteiger partial charge on any atom is 0.233 e. The lowest BCUT2D eigenvalue weighted by molar-refractivity contribution is 0.0357. The molecule has 2 heterocycles. The van der Waals surface area contributed by atoms with Gasteiger partial charge < -0.3 is 9.47 Å². The second-order valence-electron chi connectivity index (χ2n) is 5.79. The zero-order chi connectivity index (χ0) is 16.9. The average Bonchev–Trinajstić information content (AvgIpc) is 2.96. The van der Waals surface area contributed by atoms with E-state index in [1.54, 1.807) is 16.8 Å². The van der Waals surface area contributed by atoms with Crippen molar-refractivity contribution in [2.24, 2.45) is 0 Å².